The standard InChI is InChI=1S/C16H28N2O3/c1-6-9(7-2)12(17)14(19)18-8-10-11(16(10,3)4)13(18)15(20)21-5/h9-13H,6-8,17H2,1-5H3/t10-,11-,12-,13-/m0/s1. The van der Waals surface area contributed by atoms with E-state index in [0.29, 0.717) is 12.5 Å². The molecule has 5 nitrogen and oxygen atoms in total. The van der Waals surface area contributed by atoms with E-state index in [1.54, 1.807) is 4.90 Å². The van der Waals surface area contributed by atoms with Gasteiger partial charge in [-0.2, -0.15) is 0 Å². The van der Waals surface area contributed by atoms with Crippen molar-refractivity contribution in [2.24, 2.45) is 28.9 Å². The third-order valence-corrected chi connectivity index (χ3v) is 5.78. The number of rotatable bonds is 5. The molecule has 0 spiro atoms. The van der Waals surface area contributed by atoms with Gasteiger partial charge in [-0.15, -0.1) is 0 Å². The summed E-state index contributed by atoms with van der Waals surface area (Å²) in [7, 11) is 1.38. The second-order valence-electron chi connectivity index (χ2n) is 7.01. The van der Waals surface area contributed by atoms with Gasteiger partial charge in [0.15, 0.2) is 0 Å². The Morgan fingerprint density at radius 2 is 1.90 bits per heavy atom. The van der Waals surface area contributed by atoms with Gasteiger partial charge in [0.25, 0.3) is 0 Å². The molecule has 2 rings (SSSR count). The number of nitrogens with zero attached hydrogens (tertiary/aromatic N) is 1. The summed E-state index contributed by atoms with van der Waals surface area (Å²) in [6.45, 7) is 9.03. The largest absolute Gasteiger partial charge is 0.467 e. The second-order valence-corrected chi connectivity index (χ2v) is 7.01. The first-order valence-corrected chi connectivity index (χ1v) is 7.95. The molecule has 2 aliphatic rings. The van der Waals surface area contributed by atoms with Crippen LogP contribution in [0.3, 0.4) is 0 Å². The molecule has 1 saturated heterocycles. The molecule has 1 saturated carbocycles. The predicted molar refractivity (Wildman–Crippen MR) is 80.3 cm³/mol. The number of methoxy groups -OCH3 is 1. The van der Waals surface area contributed by atoms with Crippen LogP contribution in [0.15, 0.2) is 0 Å². The Hall–Kier alpha value is -1.10. The molecule has 120 valence electrons. The second kappa shape index (κ2) is 5.59. The number of hydrogen-bond donors (Lipinski definition) is 1. The third kappa shape index (κ3) is 2.45. The van der Waals surface area contributed by atoms with Gasteiger partial charge in [-0.05, 0) is 17.3 Å². The first kappa shape index (κ1) is 16.3. The van der Waals surface area contributed by atoms with Crippen LogP contribution in [0.2, 0.25) is 0 Å². The lowest BCUT2D eigenvalue weighted by Crippen LogP contribution is -2.53. The summed E-state index contributed by atoms with van der Waals surface area (Å²) in [6, 6.07) is -0.976. The number of fused-ring (bicyclic) bond motifs is 1. The first-order chi connectivity index (χ1) is 9.81. The fourth-order valence-electron chi connectivity index (χ4n) is 4.09. The summed E-state index contributed by atoms with van der Waals surface area (Å²) >= 11 is 0. The Kier molecular flexibility index (Phi) is 4.34. The topological polar surface area (TPSA) is 72.6 Å². The minimum absolute atomic E-state index is 0.0953. The Morgan fingerprint density at radius 1 is 1.33 bits per heavy atom. The number of esters is 1. The van der Waals surface area contributed by atoms with Crippen LogP contribution in [-0.4, -0.2) is 42.5 Å². The van der Waals surface area contributed by atoms with Gasteiger partial charge in [0.2, 0.25) is 5.91 Å². The summed E-state index contributed by atoms with van der Waals surface area (Å²) in [5.74, 6) is 0.364. The number of piperidine rings is 1. The quantitative estimate of drug-likeness (QED) is 0.779. The molecule has 1 aliphatic heterocycles. The molecule has 0 unspecified atom stereocenters. The molecule has 0 bridgehead atoms. The van der Waals surface area contributed by atoms with Gasteiger partial charge in [0.1, 0.15) is 6.04 Å². The first-order valence-electron chi connectivity index (χ1n) is 7.95. The van der Waals surface area contributed by atoms with Crippen molar-refractivity contribution in [3.05, 3.63) is 0 Å². The fourth-order valence-corrected chi connectivity index (χ4v) is 4.09. The average molecular weight is 296 g/mol. The summed E-state index contributed by atoms with van der Waals surface area (Å²) in [6.07, 6.45) is 1.75. The molecular weight excluding hydrogens is 268 g/mol. The molecule has 2 fully saturated rings. The van der Waals surface area contributed by atoms with E-state index in [-0.39, 0.29) is 29.1 Å². The van der Waals surface area contributed by atoms with Crippen LogP contribution in [0, 0.1) is 23.2 Å². The Labute approximate surface area is 127 Å². The van der Waals surface area contributed by atoms with E-state index in [1.165, 1.54) is 7.11 Å². The van der Waals surface area contributed by atoms with Gasteiger partial charge in [0.05, 0.1) is 13.2 Å². The van der Waals surface area contributed by atoms with Crippen molar-refractivity contribution < 1.29 is 14.3 Å². The number of ether oxygens (including phenoxy) is 1. The minimum atomic E-state index is -0.521. The van der Waals surface area contributed by atoms with Crippen LogP contribution >= 0.6 is 0 Å². The average Bonchev–Trinajstić information content (AvgIpc) is 2.83. The van der Waals surface area contributed by atoms with Crippen molar-refractivity contribution in [2.75, 3.05) is 13.7 Å². The zero-order valence-corrected chi connectivity index (χ0v) is 13.8. The molecule has 5 heteroatoms. The van der Waals surface area contributed by atoms with Gasteiger partial charge >= 0.3 is 5.97 Å². The van der Waals surface area contributed by atoms with Crippen LogP contribution in [0.5, 0.6) is 0 Å². The molecule has 1 amide bonds. The number of hydrogen-bond acceptors (Lipinski definition) is 4. The van der Waals surface area contributed by atoms with Crippen LogP contribution in [-0.2, 0) is 14.3 Å². The molecule has 0 aromatic rings. The molecule has 1 aliphatic carbocycles. The van der Waals surface area contributed by atoms with Crippen molar-refractivity contribution in [3.63, 3.8) is 0 Å². The molecule has 0 radical (unpaired) electrons. The van der Waals surface area contributed by atoms with E-state index in [2.05, 4.69) is 13.8 Å². The molecule has 0 aromatic carbocycles. The lowest BCUT2D eigenvalue weighted by molar-refractivity contribution is -0.153. The van der Waals surface area contributed by atoms with Crippen molar-refractivity contribution >= 4 is 11.9 Å². The summed E-state index contributed by atoms with van der Waals surface area (Å²) < 4.78 is 4.92. The SMILES string of the molecule is CCC(CC)[C@H](N)C(=O)N1C[C@H]2[C@@H]([C@H]1C(=O)OC)C2(C)C. The smallest absolute Gasteiger partial charge is 0.328 e. The summed E-state index contributed by atoms with van der Waals surface area (Å²) in [5.41, 5.74) is 6.27. The van der Waals surface area contributed by atoms with Gasteiger partial charge < -0.3 is 15.4 Å². The maximum atomic E-state index is 12.7. The van der Waals surface area contributed by atoms with Gasteiger partial charge in [-0.3, -0.25) is 4.79 Å². The summed E-state index contributed by atoms with van der Waals surface area (Å²) in [4.78, 5) is 26.5. The van der Waals surface area contributed by atoms with E-state index >= 15 is 0 Å². The number of nitrogens with two attached hydrogens (primary N) is 1. The van der Waals surface area contributed by atoms with Crippen molar-refractivity contribution in [2.45, 2.75) is 52.6 Å². The highest BCUT2D eigenvalue weighted by atomic mass is 16.5. The lowest BCUT2D eigenvalue weighted by atomic mass is 9.92. The number of amides is 1. The van der Waals surface area contributed by atoms with Gasteiger partial charge in [-0.1, -0.05) is 40.5 Å². The van der Waals surface area contributed by atoms with Gasteiger partial charge in [0, 0.05) is 12.5 Å². The Morgan fingerprint density at radius 3 is 2.38 bits per heavy atom. The van der Waals surface area contributed by atoms with E-state index < -0.39 is 12.1 Å². The monoisotopic (exact) mass is 296 g/mol. The van der Waals surface area contributed by atoms with Crippen molar-refractivity contribution in [1.82, 2.24) is 4.90 Å². The molecule has 4 atom stereocenters. The van der Waals surface area contributed by atoms with Crippen LogP contribution in [0.25, 0.3) is 0 Å². The molecule has 2 N–H and O–H groups in total. The highest BCUT2D eigenvalue weighted by molar-refractivity contribution is 5.89. The van der Waals surface area contributed by atoms with Crippen LogP contribution in [0.1, 0.15) is 40.5 Å². The van der Waals surface area contributed by atoms with Crippen molar-refractivity contribution in [1.29, 1.82) is 0 Å². The number of carbonyl (C=O) groups is 2. The predicted octanol–water partition coefficient (Wildman–Crippen LogP) is 1.41. The minimum Gasteiger partial charge on any atom is -0.467 e. The molecule has 21 heavy (non-hydrogen) atoms. The molecular formula is C16H28N2O3. The maximum Gasteiger partial charge on any atom is 0.328 e. The zero-order valence-electron chi connectivity index (χ0n) is 13.8. The zero-order chi connectivity index (χ0) is 15.9. The van der Waals surface area contributed by atoms with E-state index in [0.717, 1.165) is 12.8 Å². The van der Waals surface area contributed by atoms with E-state index in [1.807, 2.05) is 13.8 Å². The van der Waals surface area contributed by atoms with Gasteiger partial charge in [-0.25, -0.2) is 4.79 Å². The number of likely N-dealkylation sites (tertiary alicyclic amines) is 1. The Bertz CT molecular complexity index is 431. The third-order valence-electron chi connectivity index (χ3n) is 5.78. The number of carbonyl (C=O) groups excluding carboxylic acids is 2. The van der Waals surface area contributed by atoms with Crippen LogP contribution < -0.4 is 5.73 Å². The normalized spacial score (nSPS) is 31.0. The highest BCUT2D eigenvalue weighted by Crippen LogP contribution is 2.65. The highest BCUT2D eigenvalue weighted by Gasteiger charge is 2.69. The van der Waals surface area contributed by atoms with E-state index in [9.17, 15) is 9.59 Å². The molecule has 1 heterocycles. The lowest BCUT2D eigenvalue weighted by Gasteiger charge is -2.32. The fraction of sp³-hybridized carbons (Fsp3) is 0.875. The Balaban J connectivity index is 2.16. The van der Waals surface area contributed by atoms with E-state index in [4.69, 9.17) is 10.5 Å². The molecule has 0 aromatic heterocycles. The van der Waals surface area contributed by atoms with Crippen molar-refractivity contribution in [3.8, 4) is 0 Å². The maximum absolute atomic E-state index is 12.7. The summed E-state index contributed by atoms with van der Waals surface area (Å²) in [5, 5.41) is 0. The van der Waals surface area contributed by atoms with Crippen LogP contribution in [0.4, 0.5) is 0 Å².